The van der Waals surface area contributed by atoms with Crippen molar-refractivity contribution in [3.8, 4) is 5.75 Å². The van der Waals surface area contributed by atoms with Crippen molar-refractivity contribution in [2.75, 3.05) is 12.4 Å². The maximum atomic E-state index is 12.6. The molecule has 0 aliphatic heterocycles. The molecule has 172 valence electrons. The Balaban J connectivity index is 1.63. The van der Waals surface area contributed by atoms with Crippen molar-refractivity contribution in [3.63, 3.8) is 0 Å². The number of amides is 3. The number of hydrogen-bond acceptors (Lipinski definition) is 5. The van der Waals surface area contributed by atoms with Gasteiger partial charge in [0.15, 0.2) is 0 Å². The van der Waals surface area contributed by atoms with Gasteiger partial charge in [0.05, 0.1) is 7.11 Å². The van der Waals surface area contributed by atoms with Crippen LogP contribution in [0, 0.1) is 0 Å². The first-order valence-corrected chi connectivity index (χ1v) is 11.8. The van der Waals surface area contributed by atoms with Gasteiger partial charge in [0.1, 0.15) is 10.6 Å². The average Bonchev–Trinajstić information content (AvgIpc) is 3.55. The van der Waals surface area contributed by atoms with Crippen LogP contribution in [-0.2, 0) is 16.6 Å². The van der Waals surface area contributed by atoms with E-state index in [1.54, 1.807) is 24.3 Å². The predicted molar refractivity (Wildman–Crippen MR) is 121 cm³/mol. The second-order valence-corrected chi connectivity index (χ2v) is 9.58. The third-order valence-corrected chi connectivity index (χ3v) is 6.24. The summed E-state index contributed by atoms with van der Waals surface area (Å²) in [5.74, 6) is -0.228. The van der Waals surface area contributed by atoms with Crippen molar-refractivity contribution < 1.29 is 22.7 Å². The van der Waals surface area contributed by atoms with Gasteiger partial charge in [-0.25, -0.2) is 17.9 Å². The smallest absolute Gasteiger partial charge is 0.319 e. The topological polar surface area (TPSA) is 126 Å². The minimum Gasteiger partial charge on any atom is -0.495 e. The normalized spacial score (nSPS) is 13.5. The summed E-state index contributed by atoms with van der Waals surface area (Å²) >= 11 is 0. The number of rotatable bonds is 9. The molecule has 0 saturated heterocycles. The van der Waals surface area contributed by atoms with Gasteiger partial charge in [-0.1, -0.05) is 12.1 Å². The molecule has 0 aromatic heterocycles. The first-order valence-electron chi connectivity index (χ1n) is 10.3. The van der Waals surface area contributed by atoms with Crippen molar-refractivity contribution >= 4 is 27.6 Å². The first kappa shape index (κ1) is 23.6. The lowest BCUT2D eigenvalue weighted by atomic mass is 10.1. The zero-order valence-electron chi connectivity index (χ0n) is 18.3. The summed E-state index contributed by atoms with van der Waals surface area (Å²) in [6, 6.07) is 11.0. The van der Waals surface area contributed by atoms with Gasteiger partial charge in [-0.3, -0.25) is 4.79 Å². The molecule has 1 aliphatic rings. The van der Waals surface area contributed by atoms with Crippen LogP contribution in [0.15, 0.2) is 47.4 Å². The summed E-state index contributed by atoms with van der Waals surface area (Å²) in [5.41, 5.74) is 1.67. The van der Waals surface area contributed by atoms with Crippen molar-refractivity contribution in [2.45, 2.75) is 50.2 Å². The summed E-state index contributed by atoms with van der Waals surface area (Å²) in [6.45, 7) is 3.98. The molecule has 2 aromatic rings. The molecule has 3 amide bonds. The molecule has 0 heterocycles. The molecule has 1 aliphatic carbocycles. The third kappa shape index (κ3) is 6.44. The predicted octanol–water partition coefficient (Wildman–Crippen LogP) is 2.60. The molecule has 9 nitrogen and oxygen atoms in total. The number of ether oxygens (including phenoxy) is 1. The van der Waals surface area contributed by atoms with Crippen LogP contribution < -0.4 is 25.4 Å². The lowest BCUT2D eigenvalue weighted by Gasteiger charge is -2.13. The minimum atomic E-state index is -3.78. The quantitative estimate of drug-likeness (QED) is 0.458. The summed E-state index contributed by atoms with van der Waals surface area (Å²) in [7, 11) is -2.39. The highest BCUT2D eigenvalue weighted by Gasteiger charge is 2.30. The Bertz CT molecular complexity index is 1080. The van der Waals surface area contributed by atoms with E-state index >= 15 is 0 Å². The molecule has 0 unspecified atom stereocenters. The minimum absolute atomic E-state index is 0.0300. The molecule has 32 heavy (non-hydrogen) atoms. The number of urea groups is 1. The number of carbonyl (C=O) groups excluding carboxylic acids is 2. The third-order valence-electron chi connectivity index (χ3n) is 4.70. The molecule has 0 atom stereocenters. The molecule has 2 aromatic carbocycles. The first-order chi connectivity index (χ1) is 15.2. The second-order valence-electron chi connectivity index (χ2n) is 7.89. The van der Waals surface area contributed by atoms with Gasteiger partial charge in [-0.15, -0.1) is 0 Å². The zero-order valence-corrected chi connectivity index (χ0v) is 19.1. The molecule has 10 heteroatoms. The van der Waals surface area contributed by atoms with Crippen LogP contribution in [0.3, 0.4) is 0 Å². The lowest BCUT2D eigenvalue weighted by Crippen LogP contribution is -2.34. The van der Waals surface area contributed by atoms with E-state index in [1.807, 2.05) is 13.8 Å². The number of anilines is 1. The van der Waals surface area contributed by atoms with Crippen LogP contribution in [0.2, 0.25) is 0 Å². The standard InChI is InChI=1S/C22H28N4O5S/c1-14(2)24-22(28)25-17-7-4-15(5-8-17)13-23-21(27)16-6-11-19(31-3)20(12-16)32(29,30)26-18-9-10-18/h4-8,11-12,14,18,26H,9-10,13H2,1-3H3,(H,23,27)(H2,24,25,28). The van der Waals surface area contributed by atoms with Gasteiger partial charge >= 0.3 is 6.03 Å². The second kappa shape index (κ2) is 10.0. The summed E-state index contributed by atoms with van der Waals surface area (Å²) in [5, 5.41) is 8.24. The molecule has 0 radical (unpaired) electrons. The van der Waals surface area contributed by atoms with Crippen LogP contribution in [0.25, 0.3) is 0 Å². The highest BCUT2D eigenvalue weighted by atomic mass is 32.2. The zero-order chi connectivity index (χ0) is 23.3. The molecule has 4 N–H and O–H groups in total. The Morgan fingerprint density at radius 3 is 2.38 bits per heavy atom. The fraction of sp³-hybridized carbons (Fsp3) is 0.364. The Morgan fingerprint density at radius 1 is 1.09 bits per heavy atom. The van der Waals surface area contributed by atoms with Crippen molar-refractivity contribution in [2.24, 2.45) is 0 Å². The fourth-order valence-corrected chi connectivity index (χ4v) is 4.43. The van der Waals surface area contributed by atoms with Crippen LogP contribution >= 0.6 is 0 Å². The van der Waals surface area contributed by atoms with E-state index in [2.05, 4.69) is 20.7 Å². The summed E-state index contributed by atoms with van der Waals surface area (Å²) in [4.78, 5) is 24.3. The number of hydrogen-bond donors (Lipinski definition) is 4. The Morgan fingerprint density at radius 2 is 1.78 bits per heavy atom. The van der Waals surface area contributed by atoms with Crippen LogP contribution in [-0.4, -0.2) is 39.5 Å². The van der Waals surface area contributed by atoms with Crippen molar-refractivity contribution in [1.29, 1.82) is 0 Å². The van der Waals surface area contributed by atoms with Gasteiger partial charge in [0.25, 0.3) is 5.91 Å². The Hall–Kier alpha value is -3.11. The van der Waals surface area contributed by atoms with E-state index in [-0.39, 0.29) is 40.9 Å². The number of sulfonamides is 1. The SMILES string of the molecule is COc1ccc(C(=O)NCc2ccc(NC(=O)NC(C)C)cc2)cc1S(=O)(=O)NC1CC1. The average molecular weight is 461 g/mol. The summed E-state index contributed by atoms with van der Waals surface area (Å²) < 4.78 is 33.0. The highest BCUT2D eigenvalue weighted by Crippen LogP contribution is 2.28. The highest BCUT2D eigenvalue weighted by molar-refractivity contribution is 7.89. The van der Waals surface area contributed by atoms with E-state index in [0.29, 0.717) is 5.69 Å². The maximum Gasteiger partial charge on any atom is 0.319 e. The number of nitrogens with one attached hydrogen (secondary N) is 4. The molecule has 0 bridgehead atoms. The molecule has 1 saturated carbocycles. The van der Waals surface area contributed by atoms with Gasteiger partial charge in [-0.2, -0.15) is 0 Å². The lowest BCUT2D eigenvalue weighted by molar-refractivity contribution is 0.0950. The van der Waals surface area contributed by atoms with E-state index in [1.165, 1.54) is 25.3 Å². The van der Waals surface area contributed by atoms with E-state index < -0.39 is 15.9 Å². The van der Waals surface area contributed by atoms with Crippen molar-refractivity contribution in [1.82, 2.24) is 15.4 Å². The van der Waals surface area contributed by atoms with E-state index in [4.69, 9.17) is 4.74 Å². The molecular formula is C22H28N4O5S. The molecule has 3 rings (SSSR count). The van der Waals surface area contributed by atoms with Gasteiger partial charge < -0.3 is 20.7 Å². The van der Waals surface area contributed by atoms with E-state index in [9.17, 15) is 18.0 Å². The number of benzene rings is 2. The monoisotopic (exact) mass is 460 g/mol. The Labute approximate surface area is 188 Å². The van der Waals surface area contributed by atoms with Crippen molar-refractivity contribution in [3.05, 3.63) is 53.6 Å². The molecule has 0 spiro atoms. The largest absolute Gasteiger partial charge is 0.495 e. The number of carbonyl (C=O) groups is 2. The van der Waals surface area contributed by atoms with Gasteiger partial charge in [0.2, 0.25) is 10.0 Å². The van der Waals surface area contributed by atoms with Crippen LogP contribution in [0.4, 0.5) is 10.5 Å². The Kier molecular flexibility index (Phi) is 7.37. The van der Waals surface area contributed by atoms with Crippen LogP contribution in [0.1, 0.15) is 42.6 Å². The molecular weight excluding hydrogens is 432 g/mol. The fourth-order valence-electron chi connectivity index (χ4n) is 2.93. The molecule has 1 fully saturated rings. The van der Waals surface area contributed by atoms with Crippen LogP contribution in [0.5, 0.6) is 5.75 Å². The van der Waals surface area contributed by atoms with E-state index in [0.717, 1.165) is 18.4 Å². The maximum absolute atomic E-state index is 12.6. The van der Waals surface area contributed by atoms with Gasteiger partial charge in [0, 0.05) is 29.9 Å². The summed E-state index contributed by atoms with van der Waals surface area (Å²) in [6.07, 6.45) is 1.61. The number of methoxy groups -OCH3 is 1. The van der Waals surface area contributed by atoms with Gasteiger partial charge in [-0.05, 0) is 62.6 Å².